The summed E-state index contributed by atoms with van der Waals surface area (Å²) in [6.45, 7) is 7.11. The van der Waals surface area contributed by atoms with Gasteiger partial charge in [-0.25, -0.2) is 4.98 Å². The number of rotatable bonds is 2. The van der Waals surface area contributed by atoms with Crippen molar-refractivity contribution in [3.8, 4) is 0 Å². The van der Waals surface area contributed by atoms with E-state index in [1.807, 2.05) is 0 Å². The number of aliphatic hydroxyl groups is 1. The van der Waals surface area contributed by atoms with E-state index in [4.69, 9.17) is 0 Å². The Morgan fingerprint density at radius 2 is 2.36 bits per heavy atom. The Bertz CT molecular complexity index is 330. The molecule has 2 N–H and O–H groups in total. The third-order valence-electron chi connectivity index (χ3n) is 2.66. The Morgan fingerprint density at radius 1 is 1.57 bits per heavy atom. The van der Waals surface area contributed by atoms with Gasteiger partial charge >= 0.3 is 0 Å². The number of hydrogen-bond donors (Lipinski definition) is 2. The highest BCUT2D eigenvalue weighted by Gasteiger charge is 2.20. The molecule has 1 aromatic heterocycles. The number of nitrogens with one attached hydrogen (secondary N) is 1. The van der Waals surface area contributed by atoms with Crippen molar-refractivity contribution in [1.29, 1.82) is 0 Å². The second-order valence-electron chi connectivity index (χ2n) is 4.00. The summed E-state index contributed by atoms with van der Waals surface area (Å²) in [6, 6.07) is 0. The van der Waals surface area contributed by atoms with Gasteiger partial charge in [0.1, 0.15) is 5.82 Å². The number of fused-ring (bicyclic) bond motifs is 1. The Kier molecular flexibility index (Phi) is 2.56. The van der Waals surface area contributed by atoms with E-state index in [2.05, 4.69) is 28.7 Å². The van der Waals surface area contributed by atoms with Gasteiger partial charge in [-0.05, 0) is 0 Å². The lowest BCUT2D eigenvalue weighted by atomic mass is 10.2. The molecular weight excluding hydrogens is 178 g/mol. The van der Waals surface area contributed by atoms with E-state index < -0.39 is 0 Å². The Balaban J connectivity index is 2.46. The fourth-order valence-corrected chi connectivity index (χ4v) is 1.97. The van der Waals surface area contributed by atoms with Crippen LogP contribution in [0.1, 0.15) is 37.0 Å². The van der Waals surface area contributed by atoms with E-state index >= 15 is 0 Å². The van der Waals surface area contributed by atoms with Crippen LogP contribution in [0.2, 0.25) is 0 Å². The van der Waals surface area contributed by atoms with Crippen molar-refractivity contribution in [3.05, 3.63) is 17.2 Å². The molecule has 4 nitrogen and oxygen atoms in total. The minimum absolute atomic E-state index is 0.0454. The molecule has 0 amide bonds. The monoisotopic (exact) mass is 195 g/mol. The van der Waals surface area contributed by atoms with E-state index in [-0.39, 0.29) is 6.61 Å². The zero-order valence-corrected chi connectivity index (χ0v) is 8.75. The number of aromatic nitrogens is 2. The fourth-order valence-electron chi connectivity index (χ4n) is 1.97. The largest absolute Gasteiger partial charge is 0.390 e. The molecule has 0 unspecified atom stereocenters. The predicted molar refractivity (Wildman–Crippen MR) is 53.9 cm³/mol. The van der Waals surface area contributed by atoms with E-state index in [0.29, 0.717) is 5.92 Å². The summed E-state index contributed by atoms with van der Waals surface area (Å²) in [5, 5.41) is 12.5. The number of nitrogens with zero attached hydrogens (tertiary/aromatic N) is 2. The molecule has 2 heterocycles. The molecule has 0 aromatic carbocycles. The van der Waals surface area contributed by atoms with Gasteiger partial charge in [0, 0.05) is 25.6 Å². The van der Waals surface area contributed by atoms with Gasteiger partial charge in [0.25, 0.3) is 0 Å². The van der Waals surface area contributed by atoms with Crippen molar-refractivity contribution in [2.75, 3.05) is 6.54 Å². The summed E-state index contributed by atoms with van der Waals surface area (Å²) < 4.78 is 2.24. The van der Waals surface area contributed by atoms with E-state index in [1.54, 1.807) is 0 Å². The molecule has 2 rings (SSSR count). The smallest absolute Gasteiger partial charge is 0.111 e. The fraction of sp³-hybridized carbons (Fsp3) is 0.700. The molecule has 0 radical (unpaired) electrons. The van der Waals surface area contributed by atoms with Crippen LogP contribution >= 0.6 is 0 Å². The molecule has 1 aliphatic heterocycles. The molecule has 1 aliphatic rings. The first-order chi connectivity index (χ1) is 6.74. The van der Waals surface area contributed by atoms with Crippen molar-refractivity contribution < 1.29 is 5.11 Å². The average molecular weight is 195 g/mol. The topological polar surface area (TPSA) is 50.1 Å². The van der Waals surface area contributed by atoms with Crippen LogP contribution in [0.25, 0.3) is 0 Å². The summed E-state index contributed by atoms with van der Waals surface area (Å²) in [6.07, 6.45) is 0. The molecule has 0 saturated carbocycles. The summed E-state index contributed by atoms with van der Waals surface area (Å²) >= 11 is 0. The van der Waals surface area contributed by atoms with Crippen molar-refractivity contribution in [3.63, 3.8) is 0 Å². The van der Waals surface area contributed by atoms with Gasteiger partial charge in [-0.3, -0.25) is 0 Å². The number of hydrogen-bond acceptors (Lipinski definition) is 3. The highest BCUT2D eigenvalue weighted by molar-refractivity contribution is 5.19. The quantitative estimate of drug-likeness (QED) is 0.726. The molecule has 14 heavy (non-hydrogen) atoms. The van der Waals surface area contributed by atoms with Gasteiger partial charge in [0.05, 0.1) is 18.0 Å². The molecule has 0 spiro atoms. The van der Waals surface area contributed by atoms with Crippen LogP contribution in [0, 0.1) is 0 Å². The highest BCUT2D eigenvalue weighted by atomic mass is 16.3. The van der Waals surface area contributed by atoms with Crippen LogP contribution in [-0.2, 0) is 19.7 Å². The summed E-state index contributed by atoms with van der Waals surface area (Å²) in [4.78, 5) is 4.48. The molecule has 1 aromatic rings. The molecule has 0 fully saturated rings. The lowest BCUT2D eigenvalue weighted by Crippen LogP contribution is -2.29. The normalized spacial score (nSPS) is 16.0. The highest BCUT2D eigenvalue weighted by Crippen LogP contribution is 2.20. The maximum Gasteiger partial charge on any atom is 0.111 e. The minimum Gasteiger partial charge on any atom is -0.390 e. The maximum absolute atomic E-state index is 9.19. The van der Waals surface area contributed by atoms with Crippen molar-refractivity contribution in [2.45, 2.75) is 39.5 Å². The third-order valence-corrected chi connectivity index (χ3v) is 2.66. The Hall–Kier alpha value is -0.870. The maximum atomic E-state index is 9.19. The first-order valence-electron chi connectivity index (χ1n) is 5.13. The summed E-state index contributed by atoms with van der Waals surface area (Å²) in [5.74, 6) is 1.53. The lowest BCUT2D eigenvalue weighted by molar-refractivity contribution is 0.274. The lowest BCUT2D eigenvalue weighted by Gasteiger charge is -2.19. The molecular formula is C10H17N3O. The van der Waals surface area contributed by atoms with Crippen LogP contribution in [0.3, 0.4) is 0 Å². The minimum atomic E-state index is 0.0454. The van der Waals surface area contributed by atoms with Gasteiger partial charge < -0.3 is 15.0 Å². The number of aliphatic hydroxyl groups excluding tert-OH is 1. The molecule has 0 saturated heterocycles. The van der Waals surface area contributed by atoms with Crippen molar-refractivity contribution in [1.82, 2.24) is 14.9 Å². The van der Waals surface area contributed by atoms with Crippen LogP contribution < -0.4 is 5.32 Å². The summed E-state index contributed by atoms with van der Waals surface area (Å²) in [7, 11) is 0. The Morgan fingerprint density at radius 3 is 3.00 bits per heavy atom. The van der Waals surface area contributed by atoms with Gasteiger partial charge in [0.15, 0.2) is 0 Å². The standard InChI is InChI=1S/C10H17N3O/c1-7(2)10-12-8(6-14)9-5-11-3-4-13(9)10/h7,11,14H,3-6H2,1-2H3. The van der Waals surface area contributed by atoms with Crippen LogP contribution in [0.5, 0.6) is 0 Å². The second-order valence-corrected chi connectivity index (χ2v) is 4.00. The number of imidazole rings is 1. The first kappa shape index (κ1) is 9.68. The zero-order valence-electron chi connectivity index (χ0n) is 8.75. The van der Waals surface area contributed by atoms with Crippen LogP contribution in [0.15, 0.2) is 0 Å². The molecule has 0 atom stereocenters. The zero-order chi connectivity index (χ0) is 10.1. The second kappa shape index (κ2) is 3.71. The first-order valence-corrected chi connectivity index (χ1v) is 5.13. The Labute approximate surface area is 84.0 Å². The van der Waals surface area contributed by atoms with Crippen molar-refractivity contribution >= 4 is 0 Å². The molecule has 4 heteroatoms. The van der Waals surface area contributed by atoms with E-state index in [9.17, 15) is 5.11 Å². The van der Waals surface area contributed by atoms with Crippen LogP contribution in [0.4, 0.5) is 0 Å². The molecule has 0 aliphatic carbocycles. The van der Waals surface area contributed by atoms with Crippen molar-refractivity contribution in [2.24, 2.45) is 0 Å². The van der Waals surface area contributed by atoms with Gasteiger partial charge in [-0.2, -0.15) is 0 Å². The van der Waals surface area contributed by atoms with Crippen LogP contribution in [-0.4, -0.2) is 21.2 Å². The van der Waals surface area contributed by atoms with Gasteiger partial charge in [0.2, 0.25) is 0 Å². The molecule has 78 valence electrons. The third kappa shape index (κ3) is 1.44. The molecule has 0 bridgehead atoms. The van der Waals surface area contributed by atoms with E-state index in [0.717, 1.165) is 36.8 Å². The SMILES string of the molecule is CC(C)c1nc(CO)c2n1CCNC2. The summed E-state index contributed by atoms with van der Waals surface area (Å²) in [5.41, 5.74) is 1.99. The van der Waals surface area contributed by atoms with Gasteiger partial charge in [-0.15, -0.1) is 0 Å². The van der Waals surface area contributed by atoms with E-state index in [1.165, 1.54) is 0 Å². The average Bonchev–Trinajstić information content (AvgIpc) is 2.56. The van der Waals surface area contributed by atoms with Gasteiger partial charge in [-0.1, -0.05) is 13.8 Å². The predicted octanol–water partition coefficient (Wildman–Crippen LogP) is 0.602.